The lowest BCUT2D eigenvalue weighted by atomic mass is 10.5. The third-order valence-electron chi connectivity index (χ3n) is 1.07. The zero-order chi connectivity index (χ0) is 8.53. The van der Waals surface area contributed by atoms with Crippen LogP contribution < -0.4 is 0 Å². The highest BCUT2D eigenvalue weighted by molar-refractivity contribution is 7.98. The molecule has 3 nitrogen and oxygen atoms in total. The standard InChI is InChI=1S/C7H15NO2S/c1-7(10-3)8-11-6-4-5-9-2/h4-6H2,1-3H3. The van der Waals surface area contributed by atoms with Crippen molar-refractivity contribution in [3.05, 3.63) is 0 Å². The Hall–Kier alpha value is -0.220. The predicted molar refractivity (Wildman–Crippen MR) is 49.1 cm³/mol. The molecule has 0 heterocycles. The van der Waals surface area contributed by atoms with E-state index >= 15 is 0 Å². The molecule has 0 spiro atoms. The Bertz CT molecular complexity index is 117. The van der Waals surface area contributed by atoms with Gasteiger partial charge < -0.3 is 9.47 Å². The van der Waals surface area contributed by atoms with E-state index in [-0.39, 0.29) is 0 Å². The molecule has 66 valence electrons. The van der Waals surface area contributed by atoms with Gasteiger partial charge >= 0.3 is 0 Å². The van der Waals surface area contributed by atoms with E-state index < -0.39 is 0 Å². The monoisotopic (exact) mass is 177 g/mol. The number of hydrogen-bond donors (Lipinski definition) is 0. The minimum absolute atomic E-state index is 0.715. The lowest BCUT2D eigenvalue weighted by Gasteiger charge is -1.97. The molecule has 0 aliphatic rings. The summed E-state index contributed by atoms with van der Waals surface area (Å²) in [4.78, 5) is 0. The number of hydrogen-bond acceptors (Lipinski definition) is 4. The van der Waals surface area contributed by atoms with Gasteiger partial charge in [0.2, 0.25) is 0 Å². The Morgan fingerprint density at radius 2 is 2.18 bits per heavy atom. The van der Waals surface area contributed by atoms with Gasteiger partial charge in [0, 0.05) is 26.4 Å². The summed E-state index contributed by atoms with van der Waals surface area (Å²) in [7, 11) is 3.32. The van der Waals surface area contributed by atoms with Crippen molar-refractivity contribution in [2.45, 2.75) is 13.3 Å². The van der Waals surface area contributed by atoms with Crippen LogP contribution >= 0.6 is 11.9 Å². The van der Waals surface area contributed by atoms with Crippen LogP contribution in [0.3, 0.4) is 0 Å². The smallest absolute Gasteiger partial charge is 0.191 e. The molecule has 0 bridgehead atoms. The summed E-state index contributed by atoms with van der Waals surface area (Å²) >= 11 is 1.51. The molecule has 0 saturated carbocycles. The zero-order valence-corrected chi connectivity index (χ0v) is 8.11. The van der Waals surface area contributed by atoms with Crippen LogP contribution in [0.15, 0.2) is 4.40 Å². The number of methoxy groups -OCH3 is 2. The van der Waals surface area contributed by atoms with Crippen molar-refractivity contribution in [3.8, 4) is 0 Å². The fourth-order valence-electron chi connectivity index (χ4n) is 0.442. The molecule has 0 aromatic rings. The molecule has 0 fully saturated rings. The van der Waals surface area contributed by atoms with Gasteiger partial charge in [0.25, 0.3) is 0 Å². The Kier molecular flexibility index (Phi) is 7.72. The zero-order valence-electron chi connectivity index (χ0n) is 7.29. The van der Waals surface area contributed by atoms with E-state index in [1.54, 1.807) is 14.2 Å². The first-order valence-corrected chi connectivity index (χ1v) is 4.45. The van der Waals surface area contributed by atoms with Gasteiger partial charge in [-0.05, 0) is 18.4 Å². The highest BCUT2D eigenvalue weighted by Gasteiger charge is 1.88. The second kappa shape index (κ2) is 7.88. The van der Waals surface area contributed by atoms with Crippen LogP contribution in [0.1, 0.15) is 13.3 Å². The van der Waals surface area contributed by atoms with E-state index in [1.165, 1.54) is 11.9 Å². The highest BCUT2D eigenvalue weighted by Crippen LogP contribution is 2.04. The number of ether oxygens (including phenoxy) is 2. The Morgan fingerprint density at radius 3 is 2.73 bits per heavy atom. The largest absolute Gasteiger partial charge is 0.484 e. The van der Waals surface area contributed by atoms with E-state index in [4.69, 9.17) is 9.47 Å². The van der Waals surface area contributed by atoms with Crippen molar-refractivity contribution in [2.24, 2.45) is 4.40 Å². The van der Waals surface area contributed by atoms with Crippen molar-refractivity contribution >= 4 is 17.8 Å². The first-order chi connectivity index (χ1) is 5.31. The van der Waals surface area contributed by atoms with Gasteiger partial charge in [0.1, 0.15) is 0 Å². The highest BCUT2D eigenvalue weighted by atomic mass is 32.2. The van der Waals surface area contributed by atoms with E-state index in [0.29, 0.717) is 5.90 Å². The average Bonchev–Trinajstić information content (AvgIpc) is 2.04. The average molecular weight is 177 g/mol. The van der Waals surface area contributed by atoms with Crippen molar-refractivity contribution in [1.29, 1.82) is 0 Å². The molecule has 0 rings (SSSR count). The normalized spacial score (nSPS) is 11.7. The summed E-state index contributed by atoms with van der Waals surface area (Å²) in [5.41, 5.74) is 0. The maximum absolute atomic E-state index is 4.88. The first kappa shape index (κ1) is 10.8. The first-order valence-electron chi connectivity index (χ1n) is 3.50. The molecule has 0 aromatic carbocycles. The summed E-state index contributed by atoms with van der Waals surface area (Å²) in [5.74, 6) is 1.70. The van der Waals surface area contributed by atoms with Gasteiger partial charge in [-0.15, -0.1) is 0 Å². The molecule has 0 aliphatic carbocycles. The van der Waals surface area contributed by atoms with Gasteiger partial charge in [0.15, 0.2) is 5.90 Å². The SMILES string of the molecule is COCCCSN=C(C)OC. The summed E-state index contributed by atoms with van der Waals surface area (Å²) in [6.45, 7) is 2.64. The second-order valence-electron chi connectivity index (χ2n) is 1.99. The van der Waals surface area contributed by atoms with Crippen molar-refractivity contribution in [1.82, 2.24) is 0 Å². The van der Waals surface area contributed by atoms with Gasteiger partial charge in [0.05, 0.1) is 7.11 Å². The topological polar surface area (TPSA) is 30.8 Å². The molecule has 0 saturated heterocycles. The Labute approximate surface area is 72.3 Å². The van der Waals surface area contributed by atoms with Crippen LogP contribution in [0.25, 0.3) is 0 Å². The fraction of sp³-hybridized carbons (Fsp3) is 0.857. The Morgan fingerprint density at radius 1 is 1.45 bits per heavy atom. The summed E-state index contributed by atoms with van der Waals surface area (Å²) < 4.78 is 13.8. The number of nitrogens with zero attached hydrogens (tertiary/aromatic N) is 1. The van der Waals surface area contributed by atoms with E-state index in [2.05, 4.69) is 4.40 Å². The molecule has 11 heavy (non-hydrogen) atoms. The van der Waals surface area contributed by atoms with Crippen LogP contribution in [-0.4, -0.2) is 32.5 Å². The van der Waals surface area contributed by atoms with Crippen molar-refractivity contribution < 1.29 is 9.47 Å². The summed E-state index contributed by atoms with van der Waals surface area (Å²) in [6, 6.07) is 0. The van der Waals surface area contributed by atoms with Gasteiger partial charge in [-0.1, -0.05) is 0 Å². The van der Waals surface area contributed by atoms with Crippen molar-refractivity contribution in [2.75, 3.05) is 26.6 Å². The van der Waals surface area contributed by atoms with Crippen LogP contribution in [0.2, 0.25) is 0 Å². The fourth-order valence-corrected chi connectivity index (χ4v) is 1.04. The molecule has 0 unspecified atom stereocenters. The lowest BCUT2D eigenvalue weighted by molar-refractivity contribution is 0.200. The Balaban J connectivity index is 3.12. The molecule has 0 radical (unpaired) electrons. The van der Waals surface area contributed by atoms with E-state index in [0.717, 1.165) is 18.8 Å². The molecular formula is C7H15NO2S. The van der Waals surface area contributed by atoms with Crippen LogP contribution in [0.5, 0.6) is 0 Å². The van der Waals surface area contributed by atoms with Crippen molar-refractivity contribution in [3.63, 3.8) is 0 Å². The predicted octanol–water partition coefficient (Wildman–Crippen LogP) is 1.74. The maximum Gasteiger partial charge on any atom is 0.191 e. The van der Waals surface area contributed by atoms with Gasteiger partial charge in [-0.2, -0.15) is 4.40 Å². The molecule has 0 N–H and O–H groups in total. The lowest BCUT2D eigenvalue weighted by Crippen LogP contribution is -1.93. The van der Waals surface area contributed by atoms with Gasteiger partial charge in [-0.25, -0.2) is 0 Å². The second-order valence-corrected chi connectivity index (χ2v) is 2.84. The summed E-state index contributed by atoms with van der Waals surface area (Å²) in [5, 5.41) is 0. The molecule has 0 amide bonds. The van der Waals surface area contributed by atoms with E-state index in [1.807, 2.05) is 6.92 Å². The molecule has 0 atom stereocenters. The van der Waals surface area contributed by atoms with Crippen LogP contribution in [-0.2, 0) is 9.47 Å². The molecular weight excluding hydrogens is 162 g/mol. The molecule has 0 aromatic heterocycles. The minimum Gasteiger partial charge on any atom is -0.484 e. The van der Waals surface area contributed by atoms with Crippen LogP contribution in [0, 0.1) is 0 Å². The third kappa shape index (κ3) is 7.68. The minimum atomic E-state index is 0.715. The van der Waals surface area contributed by atoms with Gasteiger partial charge in [-0.3, -0.25) is 0 Å². The quantitative estimate of drug-likeness (QED) is 0.277. The molecule has 4 heteroatoms. The van der Waals surface area contributed by atoms with Crippen LogP contribution in [0.4, 0.5) is 0 Å². The number of rotatable bonds is 5. The third-order valence-corrected chi connectivity index (χ3v) is 1.93. The van der Waals surface area contributed by atoms with E-state index in [9.17, 15) is 0 Å². The maximum atomic E-state index is 4.88. The summed E-state index contributed by atoms with van der Waals surface area (Å²) in [6.07, 6.45) is 1.03. The molecule has 0 aliphatic heterocycles.